The second kappa shape index (κ2) is 7.95. The Hall–Kier alpha value is -1.87. The van der Waals surface area contributed by atoms with Gasteiger partial charge in [-0.15, -0.1) is 0 Å². The highest BCUT2D eigenvalue weighted by Crippen LogP contribution is 2.13. The number of hydrogen-bond acceptors (Lipinski definition) is 5. The summed E-state index contributed by atoms with van der Waals surface area (Å²) >= 11 is 0. The third-order valence-corrected chi connectivity index (χ3v) is 4.10. The molecule has 2 N–H and O–H groups in total. The van der Waals surface area contributed by atoms with Gasteiger partial charge in [-0.3, -0.25) is 13.8 Å². The Balaban J connectivity index is 2.64. The number of aromatic nitrogens is 1. The molecule has 0 atom stereocenters. The summed E-state index contributed by atoms with van der Waals surface area (Å²) in [5.74, 6) is -1.09. The van der Waals surface area contributed by atoms with Gasteiger partial charge < -0.3 is 15.2 Å². The number of carbonyl (C=O) groups excluding carboxylic acids is 2. The molecule has 0 fully saturated rings. The quantitative estimate of drug-likeness (QED) is 0.674. The summed E-state index contributed by atoms with van der Waals surface area (Å²) in [4.78, 5) is 23.6. The summed E-state index contributed by atoms with van der Waals surface area (Å²) in [6.45, 7) is 2.52. The molecular formula is C13H21N3O5S. The van der Waals surface area contributed by atoms with Crippen molar-refractivity contribution in [3.63, 3.8) is 0 Å². The number of rotatable bonds is 8. The maximum atomic E-state index is 11.9. The molecule has 1 aromatic heterocycles. The van der Waals surface area contributed by atoms with Crippen molar-refractivity contribution in [2.24, 2.45) is 7.05 Å². The van der Waals surface area contributed by atoms with E-state index in [1.165, 1.54) is 6.07 Å². The van der Waals surface area contributed by atoms with Gasteiger partial charge in [0, 0.05) is 26.2 Å². The van der Waals surface area contributed by atoms with Crippen LogP contribution in [0, 0.1) is 0 Å². The van der Waals surface area contributed by atoms with Crippen molar-refractivity contribution in [2.75, 3.05) is 24.7 Å². The van der Waals surface area contributed by atoms with Crippen LogP contribution in [0.25, 0.3) is 0 Å². The molecule has 0 unspecified atom stereocenters. The highest BCUT2D eigenvalue weighted by molar-refractivity contribution is 7.86. The minimum atomic E-state index is -3.66. The predicted octanol–water partition coefficient (Wildman–Crippen LogP) is 0.470. The first-order chi connectivity index (χ1) is 10.3. The van der Waals surface area contributed by atoms with Gasteiger partial charge in [-0.1, -0.05) is 6.92 Å². The second-order valence-electron chi connectivity index (χ2n) is 4.71. The Kier molecular flexibility index (Phi) is 6.57. The van der Waals surface area contributed by atoms with Gasteiger partial charge in [-0.05, 0) is 12.5 Å². The summed E-state index contributed by atoms with van der Waals surface area (Å²) in [6, 6.07) is 1.54. The van der Waals surface area contributed by atoms with Crippen LogP contribution < -0.4 is 10.6 Å². The van der Waals surface area contributed by atoms with E-state index in [0.29, 0.717) is 17.9 Å². The monoisotopic (exact) mass is 331 g/mol. The van der Waals surface area contributed by atoms with Crippen molar-refractivity contribution in [1.82, 2.24) is 9.88 Å². The fourth-order valence-electron chi connectivity index (χ4n) is 1.71. The molecule has 0 saturated carbocycles. The van der Waals surface area contributed by atoms with Crippen LogP contribution in [0.1, 0.15) is 30.3 Å². The Morgan fingerprint density at radius 3 is 2.64 bits per heavy atom. The van der Waals surface area contributed by atoms with E-state index in [9.17, 15) is 18.0 Å². The van der Waals surface area contributed by atoms with E-state index in [1.807, 2.05) is 6.92 Å². The highest BCUT2D eigenvalue weighted by atomic mass is 32.2. The lowest BCUT2D eigenvalue weighted by Crippen LogP contribution is -2.25. The third kappa shape index (κ3) is 5.49. The summed E-state index contributed by atoms with van der Waals surface area (Å²) in [5.41, 5.74) is 0.845. The van der Waals surface area contributed by atoms with Crippen LogP contribution in [0.3, 0.4) is 0 Å². The lowest BCUT2D eigenvalue weighted by Gasteiger charge is -2.03. The van der Waals surface area contributed by atoms with E-state index >= 15 is 0 Å². The zero-order valence-electron chi connectivity index (χ0n) is 12.9. The molecule has 22 heavy (non-hydrogen) atoms. The fourth-order valence-corrected chi connectivity index (χ4v) is 2.31. The van der Waals surface area contributed by atoms with Crippen LogP contribution in [0.2, 0.25) is 0 Å². The lowest BCUT2D eigenvalue weighted by atomic mass is 10.3. The van der Waals surface area contributed by atoms with E-state index < -0.39 is 21.8 Å². The minimum absolute atomic E-state index is 0.220. The van der Waals surface area contributed by atoms with Gasteiger partial charge in [0.25, 0.3) is 16.0 Å². The first kappa shape index (κ1) is 18.2. The van der Waals surface area contributed by atoms with Crippen LogP contribution in [-0.4, -0.2) is 44.2 Å². The van der Waals surface area contributed by atoms with Crippen molar-refractivity contribution >= 4 is 27.6 Å². The number of anilines is 1. The molecule has 124 valence electrons. The van der Waals surface area contributed by atoms with Gasteiger partial charge in [0.1, 0.15) is 5.69 Å². The van der Waals surface area contributed by atoms with Crippen molar-refractivity contribution in [3.05, 3.63) is 18.0 Å². The Morgan fingerprint density at radius 2 is 2.05 bits per heavy atom. The molecule has 0 radical (unpaired) electrons. The van der Waals surface area contributed by atoms with Crippen molar-refractivity contribution in [2.45, 2.75) is 19.8 Å². The van der Waals surface area contributed by atoms with E-state index in [4.69, 9.17) is 0 Å². The second-order valence-corrected chi connectivity index (χ2v) is 6.56. The van der Waals surface area contributed by atoms with Crippen LogP contribution in [0.5, 0.6) is 0 Å². The molecule has 0 aliphatic rings. The molecule has 8 nitrogen and oxygen atoms in total. The zero-order chi connectivity index (χ0) is 16.8. The number of carbonyl (C=O) groups is 2. The highest BCUT2D eigenvalue weighted by Gasteiger charge is 2.15. The minimum Gasteiger partial charge on any atom is -0.351 e. The topological polar surface area (TPSA) is 106 Å². The molecule has 0 aliphatic carbocycles. The number of nitrogens with one attached hydrogen (secondary N) is 2. The number of aryl methyl sites for hydroxylation is 1. The van der Waals surface area contributed by atoms with Crippen molar-refractivity contribution in [1.29, 1.82) is 0 Å². The average Bonchev–Trinajstić information content (AvgIpc) is 2.83. The number of hydrogen-bond donors (Lipinski definition) is 2. The van der Waals surface area contributed by atoms with Crippen LogP contribution in [0.4, 0.5) is 5.69 Å². The number of amides is 2. The van der Waals surface area contributed by atoms with E-state index in [2.05, 4.69) is 14.8 Å². The maximum absolute atomic E-state index is 11.9. The van der Waals surface area contributed by atoms with Crippen LogP contribution >= 0.6 is 0 Å². The standard InChI is InChI=1S/C13H21N3O5S/c1-4-6-14-13(18)11-8-10(9-16(11)2)15-12(17)5-7-22(19,20)21-3/h8-9H,4-7H2,1-3H3,(H,14,18)(H,15,17). The largest absolute Gasteiger partial charge is 0.351 e. The molecule has 9 heteroatoms. The molecule has 0 aromatic carbocycles. The van der Waals surface area contributed by atoms with E-state index in [1.54, 1.807) is 17.8 Å². The molecular weight excluding hydrogens is 310 g/mol. The molecule has 0 bridgehead atoms. The van der Waals surface area contributed by atoms with Crippen molar-refractivity contribution < 1.29 is 22.2 Å². The maximum Gasteiger partial charge on any atom is 0.267 e. The summed E-state index contributed by atoms with van der Waals surface area (Å²) in [6.07, 6.45) is 2.19. The first-order valence-electron chi connectivity index (χ1n) is 6.81. The third-order valence-electron chi connectivity index (χ3n) is 2.89. The number of nitrogens with zero attached hydrogens (tertiary/aromatic N) is 1. The zero-order valence-corrected chi connectivity index (χ0v) is 13.7. The SMILES string of the molecule is CCCNC(=O)c1cc(NC(=O)CCS(=O)(=O)OC)cn1C. The van der Waals surface area contributed by atoms with Gasteiger partial charge in [0.2, 0.25) is 5.91 Å². The molecule has 1 rings (SSSR count). The van der Waals surface area contributed by atoms with E-state index in [0.717, 1.165) is 13.5 Å². The molecule has 1 heterocycles. The Bertz CT molecular complexity index is 636. The first-order valence-corrected chi connectivity index (χ1v) is 8.39. The van der Waals surface area contributed by atoms with Gasteiger partial charge in [-0.25, -0.2) is 0 Å². The van der Waals surface area contributed by atoms with Gasteiger partial charge >= 0.3 is 0 Å². The normalized spacial score (nSPS) is 11.2. The van der Waals surface area contributed by atoms with Crippen LogP contribution in [-0.2, 0) is 26.1 Å². The Labute approximate surface area is 130 Å². The van der Waals surface area contributed by atoms with Gasteiger partial charge in [0.15, 0.2) is 0 Å². The lowest BCUT2D eigenvalue weighted by molar-refractivity contribution is -0.115. The average molecular weight is 331 g/mol. The summed E-state index contributed by atoms with van der Waals surface area (Å²) in [5, 5.41) is 5.29. The Morgan fingerprint density at radius 1 is 1.36 bits per heavy atom. The molecule has 0 saturated heterocycles. The smallest absolute Gasteiger partial charge is 0.267 e. The molecule has 0 aliphatic heterocycles. The molecule has 1 aromatic rings. The molecule has 2 amide bonds. The summed E-state index contributed by atoms with van der Waals surface area (Å²) < 4.78 is 28.1. The van der Waals surface area contributed by atoms with Gasteiger partial charge in [0.05, 0.1) is 18.6 Å². The van der Waals surface area contributed by atoms with Crippen molar-refractivity contribution in [3.8, 4) is 0 Å². The molecule has 0 spiro atoms. The van der Waals surface area contributed by atoms with Gasteiger partial charge in [-0.2, -0.15) is 8.42 Å². The van der Waals surface area contributed by atoms with E-state index in [-0.39, 0.29) is 12.3 Å². The predicted molar refractivity (Wildman–Crippen MR) is 82.1 cm³/mol. The summed E-state index contributed by atoms with van der Waals surface area (Å²) in [7, 11) is -0.930. The fraction of sp³-hybridized carbons (Fsp3) is 0.538. The van der Waals surface area contributed by atoms with Crippen LogP contribution in [0.15, 0.2) is 12.3 Å².